The van der Waals surface area contributed by atoms with Gasteiger partial charge in [-0.05, 0) is 37.1 Å². The first kappa shape index (κ1) is 10.5. The molecule has 1 aromatic rings. The third-order valence-corrected chi connectivity index (χ3v) is 2.98. The van der Waals surface area contributed by atoms with Crippen LogP contribution in [0.3, 0.4) is 0 Å². The summed E-state index contributed by atoms with van der Waals surface area (Å²) in [6, 6.07) is 5.59. The largest absolute Gasteiger partial charge is 0.508 e. The molecule has 0 spiro atoms. The molecule has 0 saturated carbocycles. The van der Waals surface area contributed by atoms with E-state index in [1.54, 1.807) is 6.07 Å². The summed E-state index contributed by atoms with van der Waals surface area (Å²) in [4.78, 5) is 0. The lowest BCUT2D eigenvalue weighted by Gasteiger charge is -2.21. The Morgan fingerprint density at radius 3 is 2.87 bits per heavy atom. The van der Waals surface area contributed by atoms with Crippen LogP contribution < -0.4 is 5.32 Å². The number of aromatic hydroxyl groups is 1. The normalized spacial score (nSPS) is 25.7. The van der Waals surface area contributed by atoms with E-state index in [9.17, 15) is 10.2 Å². The molecular formula is C12H17NO2. The fourth-order valence-corrected chi connectivity index (χ4v) is 2.06. The average Bonchev–Trinajstić information content (AvgIpc) is 2.58. The maximum Gasteiger partial charge on any atom is 0.119 e. The zero-order chi connectivity index (χ0) is 10.9. The summed E-state index contributed by atoms with van der Waals surface area (Å²) in [6.07, 6.45) is 1.27. The molecule has 0 aromatic heterocycles. The Hall–Kier alpha value is -1.06. The summed E-state index contributed by atoms with van der Waals surface area (Å²) in [5.41, 5.74) is 1.17. The standard InChI is InChI=1S/C12H17NO2/c1-9-2-3-10(11(14)6-9)7-12(15)4-5-13-8-12/h2-3,6,13-15H,4-5,7-8H2,1H3. The number of phenolic OH excluding ortho intramolecular Hbond substituents is 1. The molecular weight excluding hydrogens is 190 g/mol. The van der Waals surface area contributed by atoms with E-state index in [4.69, 9.17) is 0 Å². The minimum absolute atomic E-state index is 0.287. The number of hydrogen-bond donors (Lipinski definition) is 3. The monoisotopic (exact) mass is 207 g/mol. The molecule has 15 heavy (non-hydrogen) atoms. The van der Waals surface area contributed by atoms with Gasteiger partial charge < -0.3 is 15.5 Å². The molecule has 2 rings (SSSR count). The molecule has 0 aliphatic carbocycles. The van der Waals surface area contributed by atoms with E-state index in [2.05, 4.69) is 5.32 Å². The van der Waals surface area contributed by atoms with E-state index in [0.717, 1.165) is 24.1 Å². The van der Waals surface area contributed by atoms with Crippen molar-refractivity contribution in [1.82, 2.24) is 5.32 Å². The summed E-state index contributed by atoms with van der Waals surface area (Å²) >= 11 is 0. The molecule has 1 aromatic carbocycles. The van der Waals surface area contributed by atoms with Crippen molar-refractivity contribution in [1.29, 1.82) is 0 Å². The van der Waals surface area contributed by atoms with Gasteiger partial charge in [0, 0.05) is 13.0 Å². The zero-order valence-corrected chi connectivity index (χ0v) is 8.95. The molecule has 1 saturated heterocycles. The lowest BCUT2D eigenvalue weighted by Crippen LogP contribution is -2.33. The van der Waals surface area contributed by atoms with Crippen LogP contribution in [0.4, 0.5) is 0 Å². The van der Waals surface area contributed by atoms with Gasteiger partial charge in [-0.1, -0.05) is 12.1 Å². The fraction of sp³-hybridized carbons (Fsp3) is 0.500. The second-order valence-corrected chi connectivity index (χ2v) is 4.46. The highest BCUT2D eigenvalue weighted by atomic mass is 16.3. The predicted molar refractivity (Wildman–Crippen MR) is 59.0 cm³/mol. The van der Waals surface area contributed by atoms with E-state index in [-0.39, 0.29) is 5.75 Å². The Morgan fingerprint density at radius 2 is 2.27 bits per heavy atom. The first-order valence-electron chi connectivity index (χ1n) is 5.31. The van der Waals surface area contributed by atoms with Crippen molar-refractivity contribution in [2.45, 2.75) is 25.4 Å². The van der Waals surface area contributed by atoms with E-state index >= 15 is 0 Å². The van der Waals surface area contributed by atoms with E-state index in [0.29, 0.717) is 13.0 Å². The number of benzene rings is 1. The summed E-state index contributed by atoms with van der Waals surface area (Å²) in [5, 5.41) is 23.0. The second kappa shape index (κ2) is 3.83. The summed E-state index contributed by atoms with van der Waals surface area (Å²) < 4.78 is 0. The summed E-state index contributed by atoms with van der Waals surface area (Å²) in [6.45, 7) is 3.40. The fourth-order valence-electron chi connectivity index (χ4n) is 2.06. The minimum atomic E-state index is -0.688. The van der Waals surface area contributed by atoms with Crippen molar-refractivity contribution in [3.8, 4) is 5.75 Å². The van der Waals surface area contributed by atoms with Crippen LogP contribution in [0.2, 0.25) is 0 Å². The molecule has 1 heterocycles. The second-order valence-electron chi connectivity index (χ2n) is 4.46. The van der Waals surface area contributed by atoms with Crippen molar-refractivity contribution in [2.24, 2.45) is 0 Å². The lowest BCUT2D eigenvalue weighted by atomic mass is 9.93. The maximum atomic E-state index is 10.2. The average molecular weight is 207 g/mol. The molecule has 0 radical (unpaired) electrons. The predicted octanol–water partition coefficient (Wildman–Crippen LogP) is 0.968. The summed E-state index contributed by atoms with van der Waals surface area (Å²) in [7, 11) is 0. The van der Waals surface area contributed by atoms with Crippen molar-refractivity contribution in [2.75, 3.05) is 13.1 Å². The highest BCUT2D eigenvalue weighted by Crippen LogP contribution is 2.26. The van der Waals surface area contributed by atoms with Crippen LogP contribution in [0.25, 0.3) is 0 Å². The van der Waals surface area contributed by atoms with Crippen molar-refractivity contribution < 1.29 is 10.2 Å². The van der Waals surface area contributed by atoms with Gasteiger partial charge in [-0.3, -0.25) is 0 Å². The van der Waals surface area contributed by atoms with Gasteiger partial charge in [0.15, 0.2) is 0 Å². The first-order valence-corrected chi connectivity index (χ1v) is 5.31. The lowest BCUT2D eigenvalue weighted by molar-refractivity contribution is 0.0612. The number of β-amino-alcohol motifs (C(OH)–C–C–N with tert-alkyl or cyclic N) is 1. The highest BCUT2D eigenvalue weighted by molar-refractivity contribution is 5.37. The molecule has 1 fully saturated rings. The molecule has 3 heteroatoms. The van der Waals surface area contributed by atoms with Gasteiger partial charge in [0.05, 0.1) is 5.60 Å². The Bertz CT molecular complexity index is 357. The van der Waals surface area contributed by atoms with Gasteiger partial charge in [0.2, 0.25) is 0 Å². The molecule has 1 unspecified atom stereocenters. The van der Waals surface area contributed by atoms with Gasteiger partial charge in [-0.2, -0.15) is 0 Å². The van der Waals surface area contributed by atoms with Crippen LogP contribution in [0, 0.1) is 6.92 Å². The van der Waals surface area contributed by atoms with E-state index in [1.165, 1.54) is 0 Å². The number of phenols is 1. The van der Waals surface area contributed by atoms with E-state index < -0.39 is 5.60 Å². The Balaban J connectivity index is 2.16. The number of aryl methyl sites for hydroxylation is 1. The smallest absolute Gasteiger partial charge is 0.119 e. The topological polar surface area (TPSA) is 52.5 Å². The number of rotatable bonds is 2. The number of hydrogen-bond acceptors (Lipinski definition) is 3. The van der Waals surface area contributed by atoms with E-state index in [1.807, 2.05) is 19.1 Å². The molecule has 3 nitrogen and oxygen atoms in total. The van der Waals surface area contributed by atoms with Gasteiger partial charge in [-0.25, -0.2) is 0 Å². The Morgan fingerprint density at radius 1 is 1.47 bits per heavy atom. The first-order chi connectivity index (χ1) is 7.09. The Kier molecular flexibility index (Phi) is 2.67. The molecule has 1 atom stereocenters. The summed E-state index contributed by atoms with van der Waals surface area (Å²) in [5.74, 6) is 0.287. The molecule has 0 amide bonds. The van der Waals surface area contributed by atoms with Crippen LogP contribution in [0.15, 0.2) is 18.2 Å². The van der Waals surface area contributed by atoms with Crippen molar-refractivity contribution in [3.63, 3.8) is 0 Å². The van der Waals surface area contributed by atoms with Crippen LogP contribution in [-0.2, 0) is 6.42 Å². The Labute approximate surface area is 89.8 Å². The van der Waals surface area contributed by atoms with Gasteiger partial charge in [0.25, 0.3) is 0 Å². The number of aliphatic hydroxyl groups is 1. The van der Waals surface area contributed by atoms with Crippen LogP contribution in [-0.4, -0.2) is 28.9 Å². The van der Waals surface area contributed by atoms with Gasteiger partial charge in [0.1, 0.15) is 5.75 Å². The van der Waals surface area contributed by atoms with Crippen LogP contribution in [0.1, 0.15) is 17.5 Å². The minimum Gasteiger partial charge on any atom is -0.508 e. The quantitative estimate of drug-likeness (QED) is 0.677. The highest BCUT2D eigenvalue weighted by Gasteiger charge is 2.31. The van der Waals surface area contributed by atoms with Crippen molar-refractivity contribution >= 4 is 0 Å². The molecule has 1 aliphatic heterocycles. The molecule has 82 valence electrons. The van der Waals surface area contributed by atoms with Crippen LogP contribution >= 0.6 is 0 Å². The zero-order valence-electron chi connectivity index (χ0n) is 8.95. The van der Waals surface area contributed by atoms with Crippen molar-refractivity contribution in [3.05, 3.63) is 29.3 Å². The third-order valence-electron chi connectivity index (χ3n) is 2.98. The maximum absolute atomic E-state index is 10.2. The molecule has 3 N–H and O–H groups in total. The number of nitrogens with one attached hydrogen (secondary N) is 1. The van der Waals surface area contributed by atoms with Gasteiger partial charge in [-0.15, -0.1) is 0 Å². The third kappa shape index (κ3) is 2.30. The van der Waals surface area contributed by atoms with Gasteiger partial charge >= 0.3 is 0 Å². The SMILES string of the molecule is Cc1ccc(CC2(O)CCNC2)c(O)c1. The van der Waals surface area contributed by atoms with Crippen LogP contribution in [0.5, 0.6) is 5.75 Å². The molecule has 0 bridgehead atoms. The molecule has 1 aliphatic rings.